The van der Waals surface area contributed by atoms with Gasteiger partial charge in [0.15, 0.2) is 0 Å². The molecule has 0 aliphatic carbocycles. The number of hydrogen-bond donors (Lipinski definition) is 1. The molecule has 7 nitrogen and oxygen atoms in total. The van der Waals surface area contributed by atoms with Crippen LogP contribution in [0.4, 0.5) is 18.9 Å². The highest BCUT2D eigenvalue weighted by molar-refractivity contribution is 6.76. The first-order valence-corrected chi connectivity index (χ1v) is 14.1. The van der Waals surface area contributed by atoms with E-state index >= 15 is 0 Å². The maximum atomic E-state index is 13.9. The molecule has 1 aromatic carbocycles. The van der Waals surface area contributed by atoms with E-state index in [9.17, 15) is 18.0 Å². The molecule has 3 rings (SSSR count). The van der Waals surface area contributed by atoms with Gasteiger partial charge in [0, 0.05) is 33.3 Å². The number of ether oxygens (including phenoxy) is 2. The molecule has 11 heteroatoms. The SMILES string of the molecule is C[Si](C)(C)CCOCn1ncc(N2Cc3cccc(OCCO)c3C2)c(C(F)(F)F)c1=O. The molecule has 0 spiro atoms. The second kappa shape index (κ2) is 9.63. The van der Waals surface area contributed by atoms with E-state index in [4.69, 9.17) is 14.6 Å². The van der Waals surface area contributed by atoms with Crippen LogP contribution >= 0.6 is 0 Å². The Hall–Kier alpha value is -2.37. The van der Waals surface area contributed by atoms with Crippen molar-refractivity contribution in [3.8, 4) is 5.75 Å². The maximum absolute atomic E-state index is 13.9. The maximum Gasteiger partial charge on any atom is 0.423 e. The normalized spacial score (nSPS) is 14.0. The van der Waals surface area contributed by atoms with Gasteiger partial charge in [-0.3, -0.25) is 4.79 Å². The van der Waals surface area contributed by atoms with Crippen LogP contribution in [-0.4, -0.2) is 42.8 Å². The predicted molar refractivity (Wildman–Crippen MR) is 117 cm³/mol. The largest absolute Gasteiger partial charge is 0.491 e. The fraction of sp³-hybridized carbons (Fsp3) is 0.524. The first-order valence-electron chi connectivity index (χ1n) is 10.4. The number of hydrogen-bond acceptors (Lipinski definition) is 6. The summed E-state index contributed by atoms with van der Waals surface area (Å²) in [4.78, 5) is 14.2. The third-order valence-corrected chi connectivity index (χ3v) is 6.85. The Morgan fingerprint density at radius 2 is 1.94 bits per heavy atom. The second-order valence-electron chi connectivity index (χ2n) is 8.88. The molecular weight excluding hydrogens is 443 g/mol. The fourth-order valence-corrected chi connectivity index (χ4v) is 4.22. The van der Waals surface area contributed by atoms with E-state index in [-0.39, 0.29) is 38.7 Å². The van der Waals surface area contributed by atoms with Gasteiger partial charge in [0.2, 0.25) is 0 Å². The number of aliphatic hydroxyl groups is 1. The standard InChI is InChI=1S/C21H28F3N3O4Si/c1-32(2,3)10-9-30-14-27-20(29)19(21(22,23)24)17(11-25-27)26-12-15-5-4-6-18(16(15)13-26)31-8-7-28/h4-6,11,28H,7-10,12-14H2,1-3H3. The molecule has 1 aliphatic rings. The van der Waals surface area contributed by atoms with E-state index in [0.29, 0.717) is 12.4 Å². The minimum Gasteiger partial charge on any atom is -0.491 e. The van der Waals surface area contributed by atoms with E-state index < -0.39 is 25.4 Å². The minimum atomic E-state index is -4.85. The molecule has 2 aromatic rings. The molecule has 176 valence electrons. The average molecular weight is 472 g/mol. The number of anilines is 1. The number of alkyl halides is 3. The molecule has 32 heavy (non-hydrogen) atoms. The number of halogens is 3. The molecule has 0 amide bonds. The Kier molecular flexibility index (Phi) is 7.31. The van der Waals surface area contributed by atoms with E-state index in [1.54, 1.807) is 18.2 Å². The van der Waals surface area contributed by atoms with Crippen molar-refractivity contribution in [3.63, 3.8) is 0 Å². The van der Waals surface area contributed by atoms with Gasteiger partial charge in [-0.15, -0.1) is 0 Å². The molecule has 0 fully saturated rings. The van der Waals surface area contributed by atoms with E-state index in [1.807, 2.05) is 0 Å². The molecule has 0 unspecified atom stereocenters. The minimum absolute atomic E-state index is 0.0829. The lowest BCUT2D eigenvalue weighted by Crippen LogP contribution is -2.34. The highest BCUT2D eigenvalue weighted by Crippen LogP contribution is 2.39. The number of nitrogens with zero attached hydrogens (tertiary/aromatic N) is 3. The topological polar surface area (TPSA) is 76.8 Å². The summed E-state index contributed by atoms with van der Waals surface area (Å²) < 4.78 is 53.4. The van der Waals surface area contributed by atoms with E-state index in [2.05, 4.69) is 24.7 Å². The molecule has 1 N–H and O–H groups in total. The van der Waals surface area contributed by atoms with Gasteiger partial charge in [-0.2, -0.15) is 18.3 Å². The van der Waals surface area contributed by atoms with Crippen LogP contribution in [0.3, 0.4) is 0 Å². The summed E-state index contributed by atoms with van der Waals surface area (Å²) in [5, 5.41) is 12.9. The van der Waals surface area contributed by atoms with Crippen LogP contribution in [0.15, 0.2) is 29.2 Å². The Bertz CT molecular complexity index is 1010. The third kappa shape index (κ3) is 5.70. The number of fused-ring (bicyclic) bond motifs is 1. The van der Waals surface area contributed by atoms with Crippen molar-refractivity contribution in [2.24, 2.45) is 0 Å². The lowest BCUT2D eigenvalue weighted by molar-refractivity contribution is -0.138. The summed E-state index contributed by atoms with van der Waals surface area (Å²) in [5.41, 5.74) is -1.23. The molecule has 0 saturated carbocycles. The zero-order valence-electron chi connectivity index (χ0n) is 18.4. The summed E-state index contributed by atoms with van der Waals surface area (Å²) in [6.45, 7) is 6.75. The number of rotatable bonds is 9. The predicted octanol–water partition coefficient (Wildman–Crippen LogP) is 3.47. The highest BCUT2D eigenvalue weighted by atomic mass is 28.3. The third-order valence-electron chi connectivity index (χ3n) is 5.15. The van der Waals surface area contributed by atoms with Crippen LogP contribution in [0.25, 0.3) is 0 Å². The summed E-state index contributed by atoms with van der Waals surface area (Å²) in [5.74, 6) is 0.504. The molecule has 0 atom stereocenters. The highest BCUT2D eigenvalue weighted by Gasteiger charge is 2.40. The first kappa shape index (κ1) is 24.3. The summed E-state index contributed by atoms with van der Waals surface area (Å²) in [6, 6.07) is 6.08. The number of benzene rings is 1. The van der Waals surface area contributed by atoms with Crippen molar-refractivity contribution < 1.29 is 27.8 Å². The van der Waals surface area contributed by atoms with E-state index in [0.717, 1.165) is 28.0 Å². The molecule has 2 heterocycles. The van der Waals surface area contributed by atoms with Gasteiger partial charge in [-0.25, -0.2) is 4.68 Å². The second-order valence-corrected chi connectivity index (χ2v) is 14.5. The van der Waals surface area contributed by atoms with Gasteiger partial charge in [-0.1, -0.05) is 31.8 Å². The van der Waals surface area contributed by atoms with Crippen molar-refractivity contribution in [2.45, 2.75) is 51.7 Å². The number of aromatic nitrogens is 2. The lowest BCUT2D eigenvalue weighted by Gasteiger charge is -2.22. The summed E-state index contributed by atoms with van der Waals surface area (Å²) >= 11 is 0. The molecule has 0 radical (unpaired) electrons. The van der Waals surface area contributed by atoms with Crippen LogP contribution in [0.5, 0.6) is 5.75 Å². The lowest BCUT2D eigenvalue weighted by atomic mass is 10.1. The fourth-order valence-electron chi connectivity index (χ4n) is 3.46. The van der Waals surface area contributed by atoms with Gasteiger partial charge in [0.1, 0.15) is 24.7 Å². The molecule has 1 aromatic heterocycles. The van der Waals surface area contributed by atoms with Crippen molar-refractivity contribution in [1.82, 2.24) is 9.78 Å². The van der Waals surface area contributed by atoms with Gasteiger partial charge in [-0.05, 0) is 17.7 Å². The Balaban J connectivity index is 1.86. The van der Waals surface area contributed by atoms with Crippen molar-refractivity contribution in [2.75, 3.05) is 24.7 Å². The van der Waals surface area contributed by atoms with E-state index in [1.165, 1.54) is 4.90 Å². The zero-order valence-corrected chi connectivity index (χ0v) is 19.4. The molecule has 1 aliphatic heterocycles. The summed E-state index contributed by atoms with van der Waals surface area (Å²) in [6.07, 6.45) is -3.77. The smallest absolute Gasteiger partial charge is 0.423 e. The van der Waals surface area contributed by atoms with Gasteiger partial charge < -0.3 is 19.5 Å². The van der Waals surface area contributed by atoms with Crippen LogP contribution in [-0.2, 0) is 30.7 Å². The Morgan fingerprint density at radius 1 is 1.19 bits per heavy atom. The quantitative estimate of drug-likeness (QED) is 0.446. The van der Waals surface area contributed by atoms with Gasteiger partial charge >= 0.3 is 6.18 Å². The summed E-state index contributed by atoms with van der Waals surface area (Å²) in [7, 11) is -1.36. The van der Waals surface area contributed by atoms with Crippen LogP contribution in [0, 0.1) is 0 Å². The van der Waals surface area contributed by atoms with Crippen molar-refractivity contribution in [1.29, 1.82) is 0 Å². The van der Waals surface area contributed by atoms with Gasteiger partial charge in [0.05, 0.1) is 18.5 Å². The van der Waals surface area contributed by atoms with Crippen molar-refractivity contribution >= 4 is 13.8 Å². The molecular formula is C21H28F3N3O4Si. The van der Waals surface area contributed by atoms with Crippen LogP contribution < -0.4 is 15.2 Å². The Labute approximate surface area is 185 Å². The Morgan fingerprint density at radius 3 is 2.59 bits per heavy atom. The molecule has 0 saturated heterocycles. The number of aliphatic hydroxyl groups excluding tert-OH is 1. The van der Waals surface area contributed by atoms with Gasteiger partial charge in [0.25, 0.3) is 5.56 Å². The first-order chi connectivity index (χ1) is 15.0. The van der Waals surface area contributed by atoms with Crippen LogP contribution in [0.1, 0.15) is 16.7 Å². The monoisotopic (exact) mass is 471 g/mol. The molecule has 0 bridgehead atoms. The average Bonchev–Trinajstić information content (AvgIpc) is 3.13. The zero-order chi connectivity index (χ0) is 23.5. The van der Waals surface area contributed by atoms with Crippen LogP contribution in [0.2, 0.25) is 25.7 Å². The van der Waals surface area contributed by atoms with Crippen molar-refractivity contribution in [3.05, 3.63) is 51.4 Å².